The number of aromatic nitrogens is 1. The van der Waals surface area contributed by atoms with Crippen LogP contribution in [0.3, 0.4) is 0 Å². The third-order valence-electron chi connectivity index (χ3n) is 3.67. The van der Waals surface area contributed by atoms with E-state index in [0.29, 0.717) is 0 Å². The van der Waals surface area contributed by atoms with E-state index in [1.54, 1.807) is 22.7 Å². The zero-order valence-electron chi connectivity index (χ0n) is 12.4. The molecule has 4 aromatic rings. The predicted molar refractivity (Wildman–Crippen MR) is 98.6 cm³/mol. The first-order valence-corrected chi connectivity index (χ1v) is 9.00. The molecule has 3 aromatic heterocycles. The Hall–Kier alpha value is -2.37. The average Bonchev–Trinajstić information content (AvgIpc) is 3.26. The number of carbonyl (C=O) groups is 1. The molecule has 1 aromatic carbocycles. The summed E-state index contributed by atoms with van der Waals surface area (Å²) in [5, 5.41) is 5.29. The minimum absolute atomic E-state index is 0.0821. The Morgan fingerprint density at radius 2 is 1.65 bits per heavy atom. The Bertz CT molecular complexity index is 966. The molecule has 1 amide bonds. The number of thiophene rings is 2. The third-order valence-corrected chi connectivity index (χ3v) is 5.43. The van der Waals surface area contributed by atoms with Crippen LogP contribution in [0.1, 0.15) is 6.92 Å². The summed E-state index contributed by atoms with van der Waals surface area (Å²) in [7, 11) is 0. The zero-order chi connectivity index (χ0) is 15.8. The molecule has 4 rings (SSSR count). The summed E-state index contributed by atoms with van der Waals surface area (Å²) in [5.74, 6) is -0.0821. The number of rotatable bonds is 3. The normalized spacial score (nSPS) is 11.0. The van der Waals surface area contributed by atoms with Crippen LogP contribution in [0.25, 0.3) is 31.9 Å². The molecule has 5 heteroatoms. The molecule has 0 aliphatic heterocycles. The number of benzene rings is 1. The average molecular weight is 338 g/mol. The lowest BCUT2D eigenvalue weighted by Gasteiger charge is -2.10. The van der Waals surface area contributed by atoms with Gasteiger partial charge in [0, 0.05) is 22.8 Å². The van der Waals surface area contributed by atoms with E-state index in [-0.39, 0.29) is 5.91 Å². The van der Waals surface area contributed by atoms with Gasteiger partial charge in [-0.3, -0.25) is 14.9 Å². The maximum Gasteiger partial charge on any atom is 0.235 e. The second-order valence-electron chi connectivity index (χ2n) is 5.20. The van der Waals surface area contributed by atoms with Crippen LogP contribution >= 0.6 is 22.7 Å². The molecule has 0 spiro atoms. The number of hydrogen-bond acceptors (Lipinski definition) is 3. The molecule has 3 heterocycles. The van der Waals surface area contributed by atoms with Gasteiger partial charge in [0.05, 0.1) is 16.1 Å². The molecule has 0 atom stereocenters. The van der Waals surface area contributed by atoms with Crippen molar-refractivity contribution in [2.24, 2.45) is 0 Å². The molecule has 114 valence electrons. The molecule has 0 aliphatic carbocycles. The van der Waals surface area contributed by atoms with Crippen LogP contribution in [-0.2, 0) is 4.79 Å². The van der Waals surface area contributed by atoms with E-state index in [4.69, 9.17) is 0 Å². The first kappa shape index (κ1) is 14.2. The second-order valence-corrected chi connectivity index (χ2v) is 7.09. The van der Waals surface area contributed by atoms with Gasteiger partial charge in [-0.25, -0.2) is 0 Å². The molecule has 0 fully saturated rings. The van der Waals surface area contributed by atoms with Crippen molar-refractivity contribution in [2.45, 2.75) is 6.92 Å². The summed E-state index contributed by atoms with van der Waals surface area (Å²) >= 11 is 3.39. The van der Waals surface area contributed by atoms with Crippen LogP contribution < -0.4 is 5.43 Å². The molecule has 0 radical (unpaired) electrons. The van der Waals surface area contributed by atoms with Crippen LogP contribution in [0.15, 0.2) is 59.3 Å². The van der Waals surface area contributed by atoms with Gasteiger partial charge in [-0.2, -0.15) is 0 Å². The molecule has 23 heavy (non-hydrogen) atoms. The van der Waals surface area contributed by atoms with Gasteiger partial charge in [0.25, 0.3) is 0 Å². The Kier molecular flexibility index (Phi) is 3.52. The Morgan fingerprint density at radius 3 is 2.30 bits per heavy atom. The van der Waals surface area contributed by atoms with Crippen molar-refractivity contribution in [1.29, 1.82) is 0 Å². The summed E-state index contributed by atoms with van der Waals surface area (Å²) in [5.41, 5.74) is 6.20. The molecule has 0 saturated heterocycles. The SMILES string of the molecule is CC(=O)Nn1c(-c2cccs2)c(-c2cccs2)c2ccccc21. The standard InChI is InChI=1S/C18H14N2OS2/c1-12(21)19-20-14-7-3-2-6-13(14)17(15-8-4-10-22-15)18(20)16-9-5-11-23-16/h2-11H,1H3,(H,19,21). The molecule has 1 N–H and O–H groups in total. The number of hydrogen-bond donors (Lipinski definition) is 1. The Balaban J connectivity index is 2.13. The highest BCUT2D eigenvalue weighted by molar-refractivity contribution is 7.14. The quantitative estimate of drug-likeness (QED) is 0.548. The lowest BCUT2D eigenvalue weighted by Crippen LogP contribution is -2.20. The van der Waals surface area contributed by atoms with Gasteiger partial charge in [-0.15, -0.1) is 22.7 Å². The van der Waals surface area contributed by atoms with Gasteiger partial charge in [0.2, 0.25) is 5.91 Å². The van der Waals surface area contributed by atoms with Gasteiger partial charge in [0.1, 0.15) is 0 Å². The van der Waals surface area contributed by atoms with Crippen molar-refractivity contribution in [3.05, 3.63) is 59.3 Å². The van der Waals surface area contributed by atoms with Gasteiger partial charge >= 0.3 is 0 Å². The highest BCUT2D eigenvalue weighted by atomic mass is 32.1. The minimum Gasteiger partial charge on any atom is -0.274 e. The highest BCUT2D eigenvalue weighted by Gasteiger charge is 2.21. The summed E-state index contributed by atoms with van der Waals surface area (Å²) in [4.78, 5) is 14.1. The molecule has 3 nitrogen and oxygen atoms in total. The van der Waals surface area contributed by atoms with Gasteiger partial charge in [-0.05, 0) is 29.0 Å². The van der Waals surface area contributed by atoms with Crippen LogP contribution in [0.5, 0.6) is 0 Å². The predicted octanol–water partition coefficient (Wildman–Crippen LogP) is 5.19. The van der Waals surface area contributed by atoms with E-state index in [9.17, 15) is 4.79 Å². The molecule has 0 aliphatic rings. The van der Waals surface area contributed by atoms with Crippen molar-refractivity contribution in [3.8, 4) is 21.0 Å². The fourth-order valence-corrected chi connectivity index (χ4v) is 4.38. The molecule has 0 bridgehead atoms. The number of nitrogens with zero attached hydrogens (tertiary/aromatic N) is 1. The summed E-state index contributed by atoms with van der Waals surface area (Å²) in [6, 6.07) is 16.5. The molecule has 0 unspecified atom stereocenters. The third kappa shape index (κ3) is 2.38. The second kappa shape index (κ2) is 5.68. The first-order chi connectivity index (χ1) is 11.3. The van der Waals surface area contributed by atoms with Crippen molar-refractivity contribution in [1.82, 2.24) is 4.68 Å². The van der Waals surface area contributed by atoms with Crippen LogP contribution in [0.4, 0.5) is 0 Å². The maximum atomic E-state index is 11.7. The minimum atomic E-state index is -0.0821. The van der Waals surface area contributed by atoms with E-state index >= 15 is 0 Å². The fraction of sp³-hybridized carbons (Fsp3) is 0.0556. The van der Waals surface area contributed by atoms with Gasteiger partial charge in [0.15, 0.2) is 0 Å². The van der Waals surface area contributed by atoms with E-state index in [2.05, 4.69) is 40.5 Å². The lowest BCUT2D eigenvalue weighted by atomic mass is 10.1. The summed E-state index contributed by atoms with van der Waals surface area (Å²) in [6.07, 6.45) is 0. The van der Waals surface area contributed by atoms with Gasteiger partial charge in [-0.1, -0.05) is 30.3 Å². The van der Waals surface area contributed by atoms with Crippen molar-refractivity contribution in [3.63, 3.8) is 0 Å². The molecule has 0 saturated carbocycles. The van der Waals surface area contributed by atoms with E-state index in [0.717, 1.165) is 21.5 Å². The Morgan fingerprint density at radius 1 is 0.957 bits per heavy atom. The fourth-order valence-electron chi connectivity index (χ4n) is 2.83. The Labute approximate surface area is 141 Å². The lowest BCUT2D eigenvalue weighted by molar-refractivity contribution is -0.115. The zero-order valence-corrected chi connectivity index (χ0v) is 14.1. The number of para-hydroxylation sites is 1. The monoisotopic (exact) mass is 338 g/mol. The van der Waals surface area contributed by atoms with Gasteiger partial charge < -0.3 is 0 Å². The number of nitrogens with one attached hydrogen (secondary N) is 1. The number of carbonyl (C=O) groups excluding carboxylic acids is 1. The number of fused-ring (bicyclic) bond motifs is 1. The van der Waals surface area contributed by atoms with Crippen LogP contribution in [-0.4, -0.2) is 10.6 Å². The highest BCUT2D eigenvalue weighted by Crippen LogP contribution is 2.43. The first-order valence-electron chi connectivity index (χ1n) is 7.24. The van der Waals surface area contributed by atoms with Crippen molar-refractivity contribution in [2.75, 3.05) is 5.43 Å². The summed E-state index contributed by atoms with van der Waals surface area (Å²) < 4.78 is 1.92. The largest absolute Gasteiger partial charge is 0.274 e. The molecular formula is C18H14N2OS2. The van der Waals surface area contributed by atoms with E-state index in [1.807, 2.05) is 28.9 Å². The molecular weight excluding hydrogens is 324 g/mol. The van der Waals surface area contributed by atoms with Crippen molar-refractivity contribution < 1.29 is 4.79 Å². The van der Waals surface area contributed by atoms with Crippen LogP contribution in [0.2, 0.25) is 0 Å². The number of amides is 1. The van der Waals surface area contributed by atoms with Crippen molar-refractivity contribution >= 4 is 39.5 Å². The summed E-state index contributed by atoms with van der Waals surface area (Å²) in [6.45, 7) is 1.54. The van der Waals surface area contributed by atoms with E-state index < -0.39 is 0 Å². The van der Waals surface area contributed by atoms with Crippen LogP contribution in [0, 0.1) is 0 Å². The topological polar surface area (TPSA) is 34.0 Å². The van der Waals surface area contributed by atoms with E-state index in [1.165, 1.54) is 17.4 Å². The maximum absolute atomic E-state index is 11.7. The smallest absolute Gasteiger partial charge is 0.235 e.